The molecule has 0 saturated carbocycles. The molecule has 1 aliphatic rings. The molecule has 0 saturated heterocycles. The molecule has 2 nitrogen and oxygen atoms in total. The predicted molar refractivity (Wildman–Crippen MR) is 82.9 cm³/mol. The lowest BCUT2D eigenvalue weighted by Crippen LogP contribution is -2.28. The van der Waals surface area contributed by atoms with Crippen LogP contribution < -0.4 is 10.2 Å². The van der Waals surface area contributed by atoms with Crippen LogP contribution in [0.3, 0.4) is 0 Å². The molecule has 0 spiro atoms. The topological polar surface area (TPSA) is 15.3 Å². The van der Waals surface area contributed by atoms with Gasteiger partial charge in [-0.15, -0.1) is 11.3 Å². The number of nitrogens with zero attached hydrogens (tertiary/aromatic N) is 1. The predicted octanol–water partition coefficient (Wildman–Crippen LogP) is 3.42. The Labute approximate surface area is 119 Å². The molecule has 1 aromatic carbocycles. The summed E-state index contributed by atoms with van der Waals surface area (Å²) in [6.07, 6.45) is 1.17. The highest BCUT2D eigenvalue weighted by molar-refractivity contribution is 7.12. The lowest BCUT2D eigenvalue weighted by molar-refractivity contribution is 0.676. The first-order valence-electron chi connectivity index (χ1n) is 6.84. The normalized spacial score (nSPS) is 17.8. The van der Waals surface area contributed by atoms with Crippen LogP contribution >= 0.6 is 11.3 Å². The Balaban J connectivity index is 1.79. The van der Waals surface area contributed by atoms with Crippen LogP contribution in [-0.4, -0.2) is 13.1 Å². The minimum Gasteiger partial charge on any atom is -0.363 e. The molecular weight excluding hydrogens is 252 g/mol. The van der Waals surface area contributed by atoms with Gasteiger partial charge in [0.1, 0.15) is 0 Å². The van der Waals surface area contributed by atoms with Crippen molar-refractivity contribution < 1.29 is 0 Å². The lowest BCUT2D eigenvalue weighted by atomic mass is 10.1. The molecule has 2 aromatic rings. The molecule has 0 aliphatic carbocycles. The SMILES string of the molecule is CNCc1ccc(CN2c3ccccc3CC2C)s1. The van der Waals surface area contributed by atoms with E-state index < -0.39 is 0 Å². The summed E-state index contributed by atoms with van der Waals surface area (Å²) >= 11 is 1.92. The summed E-state index contributed by atoms with van der Waals surface area (Å²) in [7, 11) is 2.00. The number of nitrogens with one attached hydrogen (secondary N) is 1. The van der Waals surface area contributed by atoms with Crippen LogP contribution in [0, 0.1) is 0 Å². The first kappa shape index (κ1) is 12.7. The number of fused-ring (bicyclic) bond motifs is 1. The largest absolute Gasteiger partial charge is 0.363 e. The van der Waals surface area contributed by atoms with Gasteiger partial charge in [0, 0.05) is 28.0 Å². The molecule has 1 aromatic heterocycles. The Morgan fingerprint density at radius 1 is 1.21 bits per heavy atom. The Morgan fingerprint density at radius 3 is 2.84 bits per heavy atom. The van der Waals surface area contributed by atoms with Gasteiger partial charge in [-0.1, -0.05) is 18.2 Å². The second kappa shape index (κ2) is 5.35. The van der Waals surface area contributed by atoms with Gasteiger partial charge in [-0.25, -0.2) is 0 Å². The molecule has 0 amide bonds. The molecule has 1 unspecified atom stereocenters. The molecule has 2 heterocycles. The molecule has 0 bridgehead atoms. The van der Waals surface area contributed by atoms with Crippen LogP contribution in [0.1, 0.15) is 22.2 Å². The van der Waals surface area contributed by atoms with Crippen LogP contribution in [0.5, 0.6) is 0 Å². The van der Waals surface area contributed by atoms with E-state index in [4.69, 9.17) is 0 Å². The van der Waals surface area contributed by atoms with Crippen molar-refractivity contribution in [2.24, 2.45) is 0 Å². The van der Waals surface area contributed by atoms with Gasteiger partial charge in [0.2, 0.25) is 0 Å². The molecule has 0 fully saturated rings. The van der Waals surface area contributed by atoms with Crippen LogP contribution in [-0.2, 0) is 19.5 Å². The van der Waals surface area contributed by atoms with Crippen molar-refractivity contribution in [2.45, 2.75) is 32.5 Å². The monoisotopic (exact) mass is 272 g/mol. The van der Waals surface area contributed by atoms with Crippen LogP contribution in [0.25, 0.3) is 0 Å². The quantitative estimate of drug-likeness (QED) is 0.917. The van der Waals surface area contributed by atoms with E-state index in [1.807, 2.05) is 18.4 Å². The van der Waals surface area contributed by atoms with Gasteiger partial charge in [-0.3, -0.25) is 0 Å². The van der Waals surface area contributed by atoms with E-state index in [-0.39, 0.29) is 0 Å². The average molecular weight is 272 g/mol. The third-order valence-electron chi connectivity index (χ3n) is 3.74. The summed E-state index contributed by atoms with van der Waals surface area (Å²) in [6.45, 7) is 4.32. The number of hydrogen-bond donors (Lipinski definition) is 1. The number of para-hydroxylation sites is 1. The van der Waals surface area contributed by atoms with Crippen molar-refractivity contribution in [3.8, 4) is 0 Å². The highest BCUT2D eigenvalue weighted by Crippen LogP contribution is 2.34. The first-order valence-corrected chi connectivity index (χ1v) is 7.66. The number of hydrogen-bond acceptors (Lipinski definition) is 3. The van der Waals surface area contributed by atoms with Crippen molar-refractivity contribution in [3.05, 3.63) is 51.7 Å². The van der Waals surface area contributed by atoms with Gasteiger partial charge in [0.15, 0.2) is 0 Å². The van der Waals surface area contributed by atoms with Crippen molar-refractivity contribution in [2.75, 3.05) is 11.9 Å². The fraction of sp³-hybridized carbons (Fsp3) is 0.375. The minimum absolute atomic E-state index is 0.604. The van der Waals surface area contributed by atoms with E-state index in [0.717, 1.165) is 13.1 Å². The average Bonchev–Trinajstić information content (AvgIpc) is 2.96. The van der Waals surface area contributed by atoms with Crippen LogP contribution in [0.2, 0.25) is 0 Å². The van der Waals surface area contributed by atoms with E-state index >= 15 is 0 Å². The van der Waals surface area contributed by atoms with Crippen LogP contribution in [0.15, 0.2) is 36.4 Å². The summed E-state index contributed by atoms with van der Waals surface area (Å²) in [4.78, 5) is 5.40. The van der Waals surface area contributed by atoms with Crippen molar-refractivity contribution >= 4 is 17.0 Å². The number of thiophene rings is 1. The summed E-state index contributed by atoms with van der Waals surface area (Å²) in [6, 6.07) is 13.9. The molecule has 19 heavy (non-hydrogen) atoms. The number of benzene rings is 1. The third kappa shape index (κ3) is 2.53. The molecule has 0 radical (unpaired) electrons. The van der Waals surface area contributed by atoms with Gasteiger partial charge < -0.3 is 10.2 Å². The Bertz CT molecular complexity index is 561. The Kier molecular flexibility index (Phi) is 3.58. The molecular formula is C16H20N2S. The van der Waals surface area contributed by atoms with E-state index in [2.05, 4.69) is 53.5 Å². The van der Waals surface area contributed by atoms with Crippen LogP contribution in [0.4, 0.5) is 5.69 Å². The standard InChI is InChI=1S/C16H20N2S/c1-12-9-13-5-3-4-6-16(13)18(12)11-15-8-7-14(19-15)10-17-2/h3-8,12,17H,9-11H2,1-2H3. The van der Waals surface area contributed by atoms with Gasteiger partial charge >= 0.3 is 0 Å². The maximum atomic E-state index is 3.21. The molecule has 1 N–H and O–H groups in total. The molecule has 1 aliphatic heterocycles. The van der Waals surface area contributed by atoms with Crippen molar-refractivity contribution in [1.82, 2.24) is 5.32 Å². The lowest BCUT2D eigenvalue weighted by Gasteiger charge is -2.24. The van der Waals surface area contributed by atoms with E-state index in [1.54, 1.807) is 0 Å². The number of rotatable bonds is 4. The van der Waals surface area contributed by atoms with E-state index in [0.29, 0.717) is 6.04 Å². The third-order valence-corrected chi connectivity index (χ3v) is 4.81. The summed E-state index contributed by atoms with van der Waals surface area (Å²) in [5.41, 5.74) is 2.90. The van der Waals surface area contributed by atoms with Crippen molar-refractivity contribution in [1.29, 1.82) is 0 Å². The second-order valence-electron chi connectivity index (χ2n) is 5.21. The molecule has 3 heteroatoms. The van der Waals surface area contributed by atoms with Crippen molar-refractivity contribution in [3.63, 3.8) is 0 Å². The number of anilines is 1. The zero-order chi connectivity index (χ0) is 13.2. The Morgan fingerprint density at radius 2 is 2.00 bits per heavy atom. The van der Waals surface area contributed by atoms with Gasteiger partial charge in [0.05, 0.1) is 6.54 Å². The smallest absolute Gasteiger partial charge is 0.0526 e. The second-order valence-corrected chi connectivity index (χ2v) is 6.46. The maximum Gasteiger partial charge on any atom is 0.0526 e. The first-order chi connectivity index (χ1) is 9.28. The molecule has 100 valence electrons. The fourth-order valence-corrected chi connectivity index (χ4v) is 3.84. The Hall–Kier alpha value is -1.32. The fourth-order valence-electron chi connectivity index (χ4n) is 2.81. The van der Waals surface area contributed by atoms with Gasteiger partial charge in [-0.2, -0.15) is 0 Å². The highest BCUT2D eigenvalue weighted by Gasteiger charge is 2.25. The minimum atomic E-state index is 0.604. The summed E-state index contributed by atoms with van der Waals surface area (Å²) in [5.74, 6) is 0. The molecule has 3 rings (SSSR count). The maximum absolute atomic E-state index is 3.21. The summed E-state index contributed by atoms with van der Waals surface area (Å²) in [5, 5.41) is 3.21. The van der Waals surface area contributed by atoms with E-state index in [9.17, 15) is 0 Å². The van der Waals surface area contributed by atoms with Gasteiger partial charge in [-0.05, 0) is 44.2 Å². The zero-order valence-corrected chi connectivity index (χ0v) is 12.3. The van der Waals surface area contributed by atoms with Gasteiger partial charge in [0.25, 0.3) is 0 Å². The molecule has 1 atom stereocenters. The zero-order valence-electron chi connectivity index (χ0n) is 11.5. The highest BCUT2D eigenvalue weighted by atomic mass is 32.1. The summed E-state index contributed by atoms with van der Waals surface area (Å²) < 4.78 is 0. The van der Waals surface area contributed by atoms with E-state index in [1.165, 1.54) is 27.4 Å².